The van der Waals surface area contributed by atoms with E-state index in [-0.39, 0.29) is 24.2 Å². The Hall–Kier alpha value is -2.56. The predicted octanol–water partition coefficient (Wildman–Crippen LogP) is 2.71. The van der Waals surface area contributed by atoms with Crippen molar-refractivity contribution in [3.63, 3.8) is 0 Å². The Bertz CT molecular complexity index is 1090. The van der Waals surface area contributed by atoms with Crippen LogP contribution in [0, 0.1) is 0 Å². The van der Waals surface area contributed by atoms with Crippen LogP contribution in [-0.4, -0.2) is 57.1 Å². The first-order chi connectivity index (χ1) is 15.6. The third-order valence-corrected chi connectivity index (χ3v) is 6.76. The van der Waals surface area contributed by atoms with Gasteiger partial charge >= 0.3 is 6.09 Å². The molecule has 0 bridgehead atoms. The summed E-state index contributed by atoms with van der Waals surface area (Å²) in [5, 5.41) is 11.1. The summed E-state index contributed by atoms with van der Waals surface area (Å²) in [4.78, 5) is 32.1. The lowest BCUT2D eigenvalue weighted by molar-refractivity contribution is -0.0422. The molecule has 33 heavy (non-hydrogen) atoms. The minimum absolute atomic E-state index is 0.124. The highest BCUT2D eigenvalue weighted by Crippen LogP contribution is 2.36. The maximum absolute atomic E-state index is 13.1. The van der Waals surface area contributed by atoms with Gasteiger partial charge in [0.2, 0.25) is 0 Å². The predicted molar refractivity (Wildman–Crippen MR) is 124 cm³/mol. The lowest BCUT2D eigenvalue weighted by Gasteiger charge is -2.38. The number of aromatic nitrogens is 2. The van der Waals surface area contributed by atoms with Crippen molar-refractivity contribution in [2.45, 2.75) is 62.3 Å². The van der Waals surface area contributed by atoms with Gasteiger partial charge in [-0.05, 0) is 63.3 Å². The third-order valence-electron chi connectivity index (χ3n) is 5.81. The number of carbonyl (C=O) groups excluding carboxylic acids is 1. The highest BCUT2D eigenvalue weighted by molar-refractivity contribution is 7.97. The first kappa shape index (κ1) is 23.6. The average molecular weight is 475 g/mol. The molecule has 1 saturated heterocycles. The molecule has 1 aromatic heterocycles. The number of piperidine rings is 1. The number of hydrogen-bond acceptors (Lipinski definition) is 8. The summed E-state index contributed by atoms with van der Waals surface area (Å²) >= 11 is 1.26. The van der Waals surface area contributed by atoms with Crippen molar-refractivity contribution in [2.75, 3.05) is 20.2 Å². The van der Waals surface area contributed by atoms with E-state index in [9.17, 15) is 14.7 Å². The minimum Gasteiger partial charge on any atom is -0.497 e. The lowest BCUT2D eigenvalue weighted by Crippen LogP contribution is -2.50. The molecule has 1 fully saturated rings. The molecule has 1 atom stereocenters. The van der Waals surface area contributed by atoms with Gasteiger partial charge in [-0.1, -0.05) is 12.1 Å². The smallest absolute Gasteiger partial charge is 0.410 e. The van der Waals surface area contributed by atoms with Crippen molar-refractivity contribution >= 4 is 18.0 Å². The maximum Gasteiger partial charge on any atom is 0.410 e. The number of carbonyl (C=O) groups is 1. The fraction of sp³-hybridized carbons (Fsp3) is 0.522. The van der Waals surface area contributed by atoms with Gasteiger partial charge in [0.05, 0.1) is 37.3 Å². The zero-order valence-corrected chi connectivity index (χ0v) is 20.1. The van der Waals surface area contributed by atoms with Crippen LogP contribution in [0.5, 0.6) is 5.75 Å². The van der Waals surface area contributed by atoms with Crippen molar-refractivity contribution in [3.8, 4) is 5.75 Å². The standard InChI is InChI=1S/C23H30N4O5S/c1-22(2,3)32-21(29)26-10-8-23(30,9-11-26)13-27-14-24-18-17(25-33-19(18)20(27)28)15-6-5-7-16(12-15)31-4/h5-7,12,14,17,25,30H,8-11,13H2,1-4H3. The summed E-state index contributed by atoms with van der Waals surface area (Å²) < 4.78 is 15.5. The van der Waals surface area contributed by atoms with Crippen LogP contribution in [-0.2, 0) is 11.3 Å². The van der Waals surface area contributed by atoms with Crippen molar-refractivity contribution in [1.82, 2.24) is 19.2 Å². The van der Waals surface area contributed by atoms with Crippen LogP contribution in [0.4, 0.5) is 4.79 Å². The van der Waals surface area contributed by atoms with Crippen molar-refractivity contribution < 1.29 is 19.4 Å². The molecule has 2 aliphatic rings. The van der Waals surface area contributed by atoms with Gasteiger partial charge in [-0.2, -0.15) is 0 Å². The Morgan fingerprint density at radius 1 is 1.33 bits per heavy atom. The van der Waals surface area contributed by atoms with Crippen LogP contribution in [0.2, 0.25) is 0 Å². The van der Waals surface area contributed by atoms with Gasteiger partial charge in [-0.15, -0.1) is 0 Å². The van der Waals surface area contributed by atoms with E-state index in [0.29, 0.717) is 36.5 Å². The quantitative estimate of drug-likeness (QED) is 0.652. The summed E-state index contributed by atoms with van der Waals surface area (Å²) in [7, 11) is 1.61. The van der Waals surface area contributed by atoms with Gasteiger partial charge in [0.25, 0.3) is 5.56 Å². The Morgan fingerprint density at radius 2 is 2.06 bits per heavy atom. The first-order valence-corrected chi connectivity index (χ1v) is 11.8. The largest absolute Gasteiger partial charge is 0.497 e. The molecule has 1 unspecified atom stereocenters. The van der Waals surface area contributed by atoms with Crippen LogP contribution in [0.1, 0.15) is 50.9 Å². The second-order valence-electron chi connectivity index (χ2n) is 9.51. The average Bonchev–Trinajstić information content (AvgIpc) is 3.20. The first-order valence-electron chi connectivity index (χ1n) is 10.9. The van der Waals surface area contributed by atoms with Gasteiger partial charge in [-0.3, -0.25) is 9.36 Å². The number of aliphatic hydroxyl groups is 1. The number of nitrogens with one attached hydrogen (secondary N) is 1. The molecule has 10 heteroatoms. The van der Waals surface area contributed by atoms with Crippen molar-refractivity contribution in [1.29, 1.82) is 0 Å². The topological polar surface area (TPSA) is 106 Å². The van der Waals surface area contributed by atoms with Crippen molar-refractivity contribution in [2.24, 2.45) is 0 Å². The van der Waals surface area contributed by atoms with Crippen LogP contribution in [0.15, 0.2) is 40.3 Å². The molecule has 3 heterocycles. The summed E-state index contributed by atoms with van der Waals surface area (Å²) in [6.07, 6.45) is 1.83. The number of rotatable bonds is 4. The van der Waals surface area contributed by atoms with E-state index in [2.05, 4.69) is 9.71 Å². The van der Waals surface area contributed by atoms with Crippen LogP contribution in [0.25, 0.3) is 0 Å². The van der Waals surface area contributed by atoms with E-state index in [0.717, 1.165) is 11.3 Å². The summed E-state index contributed by atoms with van der Waals surface area (Å²) in [5.74, 6) is 0.737. The van der Waals surface area contributed by atoms with Gasteiger partial charge in [-0.25, -0.2) is 14.5 Å². The molecule has 9 nitrogen and oxygen atoms in total. The van der Waals surface area contributed by atoms with Crippen LogP contribution < -0.4 is 15.0 Å². The van der Waals surface area contributed by atoms with Gasteiger partial charge < -0.3 is 19.5 Å². The molecule has 0 saturated carbocycles. The fourth-order valence-corrected chi connectivity index (χ4v) is 4.99. The number of likely N-dealkylation sites (tertiary alicyclic amines) is 1. The van der Waals surface area contributed by atoms with E-state index in [4.69, 9.17) is 9.47 Å². The van der Waals surface area contributed by atoms with Crippen molar-refractivity contribution in [3.05, 3.63) is 52.2 Å². The van der Waals surface area contributed by atoms with E-state index >= 15 is 0 Å². The molecule has 4 rings (SSSR count). The summed E-state index contributed by atoms with van der Waals surface area (Å²) in [6.45, 7) is 6.33. The molecule has 2 aromatic rings. The molecule has 1 amide bonds. The summed E-state index contributed by atoms with van der Waals surface area (Å²) in [6, 6.07) is 7.43. The Morgan fingerprint density at radius 3 is 2.73 bits per heavy atom. The molecular weight excluding hydrogens is 444 g/mol. The van der Waals surface area contributed by atoms with Crippen LogP contribution in [0.3, 0.4) is 0 Å². The lowest BCUT2D eigenvalue weighted by atomic mass is 9.91. The van der Waals surface area contributed by atoms with E-state index in [1.54, 1.807) is 12.0 Å². The normalized spacial score (nSPS) is 19.8. The Kier molecular flexibility index (Phi) is 6.43. The number of ether oxygens (including phenoxy) is 2. The van der Waals surface area contributed by atoms with Gasteiger partial charge in [0.1, 0.15) is 16.2 Å². The molecule has 1 aromatic carbocycles. The Balaban J connectivity index is 1.46. The number of fused-ring (bicyclic) bond motifs is 1. The maximum atomic E-state index is 13.1. The second-order valence-corrected chi connectivity index (χ2v) is 10.4. The molecule has 178 valence electrons. The number of methoxy groups -OCH3 is 1. The zero-order chi connectivity index (χ0) is 23.8. The Labute approximate surface area is 197 Å². The summed E-state index contributed by atoms with van der Waals surface area (Å²) in [5.41, 5.74) is -0.227. The molecule has 0 aliphatic carbocycles. The minimum atomic E-state index is -1.10. The fourth-order valence-electron chi connectivity index (χ4n) is 4.03. The third kappa shape index (κ3) is 5.18. The second kappa shape index (κ2) is 9.00. The van der Waals surface area contributed by atoms with E-state index in [1.165, 1.54) is 22.8 Å². The SMILES string of the molecule is COc1cccc(C2NSc3c2ncn(CC2(O)CCN(C(=O)OC(C)(C)C)CC2)c3=O)c1. The molecule has 2 N–H and O–H groups in total. The highest BCUT2D eigenvalue weighted by atomic mass is 32.2. The number of benzene rings is 1. The molecular formula is C23H30N4O5S. The molecule has 0 spiro atoms. The number of hydrogen-bond donors (Lipinski definition) is 2. The van der Waals surface area contributed by atoms with Gasteiger partial charge in [0, 0.05) is 13.1 Å². The highest BCUT2D eigenvalue weighted by Gasteiger charge is 2.37. The molecule has 0 radical (unpaired) electrons. The van der Waals surface area contributed by atoms with Crippen LogP contribution >= 0.6 is 11.9 Å². The molecule has 2 aliphatic heterocycles. The van der Waals surface area contributed by atoms with Gasteiger partial charge in [0.15, 0.2) is 0 Å². The van der Waals surface area contributed by atoms with E-state index in [1.807, 2.05) is 45.0 Å². The van der Waals surface area contributed by atoms with E-state index < -0.39 is 11.2 Å². The number of nitrogens with zero attached hydrogens (tertiary/aromatic N) is 3. The monoisotopic (exact) mass is 474 g/mol. The zero-order valence-electron chi connectivity index (χ0n) is 19.3. The number of amides is 1.